The minimum atomic E-state index is -0.275. The number of hydrogen-bond acceptors (Lipinski definition) is 4. The van der Waals surface area contributed by atoms with Gasteiger partial charge in [0.15, 0.2) is 0 Å². The molecule has 0 saturated carbocycles. The van der Waals surface area contributed by atoms with Gasteiger partial charge >= 0.3 is 0 Å². The predicted molar refractivity (Wildman–Crippen MR) is 86.5 cm³/mol. The minimum Gasteiger partial charge on any atom is -0.347 e. The first-order valence-corrected chi connectivity index (χ1v) is 7.05. The van der Waals surface area contributed by atoms with E-state index in [1.807, 2.05) is 32.8 Å². The van der Waals surface area contributed by atoms with Crippen molar-refractivity contribution in [3.05, 3.63) is 47.5 Å². The maximum atomic E-state index is 14.0. The minimum absolute atomic E-state index is 0.275. The first-order chi connectivity index (χ1) is 10.5. The third-order valence-corrected chi connectivity index (χ3v) is 3.75. The van der Waals surface area contributed by atoms with Crippen molar-refractivity contribution in [2.75, 3.05) is 19.0 Å². The number of fused-ring (bicyclic) bond motifs is 1. The van der Waals surface area contributed by atoms with E-state index in [-0.39, 0.29) is 5.82 Å². The molecule has 2 aromatic heterocycles. The Morgan fingerprint density at radius 1 is 1.05 bits per heavy atom. The summed E-state index contributed by atoms with van der Waals surface area (Å²) in [5.41, 5.74) is 4.11. The first-order valence-electron chi connectivity index (χ1n) is 7.05. The zero-order chi connectivity index (χ0) is 15.9. The summed E-state index contributed by atoms with van der Waals surface area (Å²) in [6.45, 7) is 3.93. The van der Waals surface area contributed by atoms with Crippen molar-refractivity contribution in [2.45, 2.75) is 13.8 Å². The van der Waals surface area contributed by atoms with Crippen LogP contribution in [0.2, 0.25) is 0 Å². The molecule has 1 aromatic carbocycles. The van der Waals surface area contributed by atoms with Gasteiger partial charge in [-0.2, -0.15) is 0 Å². The van der Waals surface area contributed by atoms with Crippen LogP contribution in [0.25, 0.3) is 22.2 Å². The largest absolute Gasteiger partial charge is 0.347 e. The zero-order valence-electron chi connectivity index (χ0n) is 13.1. The van der Waals surface area contributed by atoms with Crippen LogP contribution in [0, 0.1) is 19.7 Å². The second-order valence-electron chi connectivity index (χ2n) is 5.47. The van der Waals surface area contributed by atoms with Gasteiger partial charge in [0.25, 0.3) is 0 Å². The first kappa shape index (κ1) is 14.4. The van der Waals surface area contributed by atoms with Gasteiger partial charge < -0.3 is 4.90 Å². The number of halogens is 1. The van der Waals surface area contributed by atoms with E-state index in [1.165, 1.54) is 6.07 Å². The maximum absolute atomic E-state index is 14.0. The lowest BCUT2D eigenvalue weighted by Gasteiger charge is -2.16. The third-order valence-electron chi connectivity index (χ3n) is 3.75. The van der Waals surface area contributed by atoms with Crippen LogP contribution in [0.15, 0.2) is 30.5 Å². The van der Waals surface area contributed by atoms with Gasteiger partial charge in [-0.25, -0.2) is 14.4 Å². The van der Waals surface area contributed by atoms with Crippen molar-refractivity contribution < 1.29 is 4.39 Å². The number of pyridine rings is 1. The summed E-state index contributed by atoms with van der Waals surface area (Å²) < 4.78 is 14.0. The summed E-state index contributed by atoms with van der Waals surface area (Å²) in [6.07, 6.45) is 1.67. The Labute approximate surface area is 128 Å². The van der Waals surface area contributed by atoms with Gasteiger partial charge in [0.05, 0.1) is 11.2 Å². The molecule has 3 rings (SSSR count). The van der Waals surface area contributed by atoms with Gasteiger partial charge in [-0.1, -0.05) is 0 Å². The van der Waals surface area contributed by atoms with Crippen LogP contribution in [0.3, 0.4) is 0 Å². The molecule has 0 amide bonds. The molecule has 0 unspecified atom stereocenters. The van der Waals surface area contributed by atoms with E-state index in [4.69, 9.17) is 0 Å². The van der Waals surface area contributed by atoms with E-state index in [2.05, 4.69) is 15.0 Å². The molecule has 0 aliphatic rings. The van der Waals surface area contributed by atoms with Crippen LogP contribution in [0.5, 0.6) is 0 Å². The average Bonchev–Trinajstić information content (AvgIpc) is 2.51. The van der Waals surface area contributed by atoms with Gasteiger partial charge in [0, 0.05) is 36.9 Å². The van der Waals surface area contributed by atoms with Crippen molar-refractivity contribution in [3.63, 3.8) is 0 Å². The van der Waals surface area contributed by atoms with E-state index in [9.17, 15) is 4.39 Å². The second-order valence-corrected chi connectivity index (χ2v) is 5.47. The Bertz CT molecular complexity index is 859. The van der Waals surface area contributed by atoms with Gasteiger partial charge in [-0.15, -0.1) is 0 Å². The molecule has 0 saturated heterocycles. The smallest absolute Gasteiger partial charge is 0.225 e. The maximum Gasteiger partial charge on any atom is 0.225 e. The van der Waals surface area contributed by atoms with Crippen LogP contribution < -0.4 is 4.90 Å². The standard InChI is InChI=1S/C17H17FN4/c1-10-11(2)20-17(22(3)4)21-15(10)13-7-8-14(18)12-6-5-9-19-16(12)13/h5-9H,1-4H3. The molecule has 0 bridgehead atoms. The number of benzene rings is 1. The SMILES string of the molecule is Cc1nc(N(C)C)nc(-c2ccc(F)c3cccnc23)c1C. The molecule has 22 heavy (non-hydrogen) atoms. The normalized spacial score (nSPS) is 11.0. The number of nitrogens with zero attached hydrogens (tertiary/aromatic N) is 4. The number of aromatic nitrogens is 3. The molecule has 0 atom stereocenters. The molecule has 0 N–H and O–H groups in total. The molecular weight excluding hydrogens is 279 g/mol. The Morgan fingerprint density at radius 3 is 2.55 bits per heavy atom. The molecule has 0 radical (unpaired) electrons. The van der Waals surface area contributed by atoms with E-state index in [0.717, 1.165) is 22.5 Å². The molecular formula is C17H17FN4. The summed E-state index contributed by atoms with van der Waals surface area (Å²) in [6, 6.07) is 6.67. The second kappa shape index (κ2) is 5.33. The fourth-order valence-corrected chi connectivity index (χ4v) is 2.41. The van der Waals surface area contributed by atoms with Crippen LogP contribution in [0.4, 0.5) is 10.3 Å². The zero-order valence-corrected chi connectivity index (χ0v) is 13.1. The summed E-state index contributed by atoms with van der Waals surface area (Å²) >= 11 is 0. The van der Waals surface area contributed by atoms with E-state index >= 15 is 0 Å². The summed E-state index contributed by atoms with van der Waals surface area (Å²) in [5, 5.41) is 0.502. The number of hydrogen-bond donors (Lipinski definition) is 0. The highest BCUT2D eigenvalue weighted by Gasteiger charge is 2.15. The summed E-state index contributed by atoms with van der Waals surface area (Å²) in [5.74, 6) is 0.356. The quantitative estimate of drug-likeness (QED) is 0.725. The lowest BCUT2D eigenvalue weighted by Crippen LogP contribution is -2.14. The fraction of sp³-hybridized carbons (Fsp3) is 0.235. The summed E-state index contributed by atoms with van der Waals surface area (Å²) in [7, 11) is 3.80. The van der Waals surface area contributed by atoms with Gasteiger partial charge in [0.1, 0.15) is 5.82 Å². The topological polar surface area (TPSA) is 41.9 Å². The van der Waals surface area contributed by atoms with Crippen molar-refractivity contribution >= 4 is 16.9 Å². The highest BCUT2D eigenvalue weighted by Crippen LogP contribution is 2.31. The Kier molecular flexibility index (Phi) is 3.48. The highest BCUT2D eigenvalue weighted by molar-refractivity contribution is 5.93. The monoisotopic (exact) mass is 296 g/mol. The molecule has 0 spiro atoms. The number of rotatable bonds is 2. The molecule has 0 aliphatic carbocycles. The Hall–Kier alpha value is -2.56. The van der Waals surface area contributed by atoms with E-state index in [1.54, 1.807) is 24.4 Å². The van der Waals surface area contributed by atoms with Crippen molar-refractivity contribution in [2.24, 2.45) is 0 Å². The molecule has 2 heterocycles. The molecule has 0 aliphatic heterocycles. The Morgan fingerprint density at radius 2 is 1.82 bits per heavy atom. The molecule has 3 aromatic rings. The lowest BCUT2D eigenvalue weighted by atomic mass is 10.0. The third kappa shape index (κ3) is 2.28. The Balaban J connectivity index is 2.35. The fourth-order valence-electron chi connectivity index (χ4n) is 2.41. The van der Waals surface area contributed by atoms with Gasteiger partial charge in [0.2, 0.25) is 5.95 Å². The van der Waals surface area contributed by atoms with Crippen LogP contribution in [-0.4, -0.2) is 29.0 Å². The average molecular weight is 296 g/mol. The predicted octanol–water partition coefficient (Wildman–Crippen LogP) is 3.51. The van der Waals surface area contributed by atoms with E-state index < -0.39 is 0 Å². The van der Waals surface area contributed by atoms with Crippen LogP contribution >= 0.6 is 0 Å². The van der Waals surface area contributed by atoms with Gasteiger partial charge in [-0.3, -0.25) is 4.98 Å². The van der Waals surface area contributed by atoms with Gasteiger partial charge in [-0.05, 0) is 43.7 Å². The molecule has 112 valence electrons. The van der Waals surface area contributed by atoms with Crippen molar-refractivity contribution in [1.82, 2.24) is 15.0 Å². The molecule has 0 fully saturated rings. The van der Waals surface area contributed by atoms with Crippen molar-refractivity contribution in [3.8, 4) is 11.3 Å². The number of aryl methyl sites for hydroxylation is 1. The van der Waals surface area contributed by atoms with Crippen molar-refractivity contribution in [1.29, 1.82) is 0 Å². The number of anilines is 1. The summed E-state index contributed by atoms with van der Waals surface area (Å²) in [4.78, 5) is 15.3. The van der Waals surface area contributed by atoms with Crippen LogP contribution in [-0.2, 0) is 0 Å². The van der Waals surface area contributed by atoms with Crippen LogP contribution in [0.1, 0.15) is 11.3 Å². The highest BCUT2D eigenvalue weighted by atomic mass is 19.1. The molecule has 5 heteroatoms. The molecule has 4 nitrogen and oxygen atoms in total. The van der Waals surface area contributed by atoms with E-state index in [0.29, 0.717) is 16.9 Å². The lowest BCUT2D eigenvalue weighted by molar-refractivity contribution is 0.639.